The molecule has 0 aliphatic carbocycles. The van der Waals surface area contributed by atoms with Gasteiger partial charge >= 0.3 is 11.9 Å². The predicted molar refractivity (Wildman–Crippen MR) is 213 cm³/mol. The molecule has 54 heavy (non-hydrogen) atoms. The molecule has 0 saturated carbocycles. The Hall–Kier alpha value is -3.34. The molecule has 4 aliphatic heterocycles. The molecular weight excluding hydrogens is 769 g/mol. The van der Waals surface area contributed by atoms with E-state index in [-0.39, 0.29) is 34.4 Å². The fraction of sp³-hybridized carbons (Fsp3) is 0.526. The Morgan fingerprint density at radius 3 is 1.39 bits per heavy atom. The van der Waals surface area contributed by atoms with Crippen LogP contribution in [0.2, 0.25) is 0 Å². The minimum Gasteiger partial charge on any atom is -0.480 e. The first kappa shape index (κ1) is 40.3. The minimum atomic E-state index is -1.04. The van der Waals surface area contributed by atoms with Crippen molar-refractivity contribution < 1.29 is 39.0 Å². The van der Waals surface area contributed by atoms with Crippen molar-refractivity contribution in [2.45, 2.75) is 110 Å². The van der Waals surface area contributed by atoms with Crippen molar-refractivity contribution in [1.82, 2.24) is 20.4 Å². The molecule has 12 nitrogen and oxygen atoms in total. The number of fused-ring (bicyclic) bond motifs is 2. The number of benzene rings is 2. The molecule has 0 unspecified atom stereocenters. The van der Waals surface area contributed by atoms with Gasteiger partial charge in [0.15, 0.2) is 0 Å². The summed E-state index contributed by atoms with van der Waals surface area (Å²) < 4.78 is 0. The zero-order valence-corrected chi connectivity index (χ0v) is 33.0. The molecule has 16 heteroatoms. The third-order valence-electron chi connectivity index (χ3n) is 10.3. The van der Waals surface area contributed by atoms with E-state index in [1.54, 1.807) is 23.5 Å². The van der Waals surface area contributed by atoms with Crippen molar-refractivity contribution in [2.75, 3.05) is 11.5 Å². The van der Waals surface area contributed by atoms with Gasteiger partial charge in [0, 0.05) is 0 Å². The number of carboxylic acids is 2. The Bertz CT molecular complexity index is 1550. The number of carbonyl (C=O) groups is 6. The fourth-order valence-corrected chi connectivity index (χ4v) is 13.1. The third kappa shape index (κ3) is 9.90. The second kappa shape index (κ2) is 19.0. The van der Waals surface area contributed by atoms with Crippen LogP contribution in [0.3, 0.4) is 0 Å². The summed E-state index contributed by atoms with van der Waals surface area (Å²) in [5.74, 6) is -2.42. The van der Waals surface area contributed by atoms with E-state index in [0.29, 0.717) is 62.9 Å². The largest absolute Gasteiger partial charge is 0.480 e. The first-order valence-corrected chi connectivity index (χ1v) is 22.8. The Morgan fingerprint density at radius 2 is 1.02 bits per heavy atom. The summed E-state index contributed by atoms with van der Waals surface area (Å²) in [6.45, 7) is 0. The molecule has 4 aliphatic rings. The van der Waals surface area contributed by atoms with Gasteiger partial charge in [-0.2, -0.15) is 0 Å². The number of hydrogen-bond donors (Lipinski definition) is 4. The molecule has 0 bridgehead atoms. The smallest absolute Gasteiger partial charge is 0.326 e. The van der Waals surface area contributed by atoms with Crippen LogP contribution in [0.1, 0.15) is 62.5 Å². The number of rotatable bonds is 13. The average molecular weight is 815 g/mol. The molecule has 4 N–H and O–H groups in total. The van der Waals surface area contributed by atoms with E-state index in [1.165, 1.54) is 31.4 Å². The van der Waals surface area contributed by atoms with Crippen molar-refractivity contribution in [3.63, 3.8) is 0 Å². The Balaban J connectivity index is 1.20. The molecule has 2 aromatic carbocycles. The van der Waals surface area contributed by atoms with E-state index >= 15 is 0 Å². The molecular formula is C38H46N4O8S4. The van der Waals surface area contributed by atoms with E-state index in [4.69, 9.17) is 0 Å². The van der Waals surface area contributed by atoms with Crippen LogP contribution in [0.5, 0.6) is 0 Å². The maximum Gasteiger partial charge on any atom is 0.326 e. The first-order chi connectivity index (χ1) is 26.1. The summed E-state index contributed by atoms with van der Waals surface area (Å²) in [4.78, 5) is 83.2. The molecule has 0 aromatic heterocycles. The topological polar surface area (TPSA) is 173 Å². The van der Waals surface area contributed by atoms with Crippen molar-refractivity contribution in [3.8, 4) is 0 Å². The van der Waals surface area contributed by atoms with Crippen molar-refractivity contribution in [2.24, 2.45) is 0 Å². The lowest BCUT2D eigenvalue weighted by molar-refractivity contribution is -0.154. The summed E-state index contributed by atoms with van der Waals surface area (Å²) in [5.41, 5.74) is 1.79. The highest BCUT2D eigenvalue weighted by Crippen LogP contribution is 2.38. The first-order valence-electron chi connectivity index (χ1n) is 18.4. The van der Waals surface area contributed by atoms with Crippen molar-refractivity contribution >= 4 is 80.7 Å². The molecule has 0 radical (unpaired) electrons. The number of aliphatic carboxylic acids is 2. The number of amides is 4. The van der Waals surface area contributed by atoms with Gasteiger partial charge in [-0.25, -0.2) is 9.59 Å². The fourth-order valence-electron chi connectivity index (χ4n) is 7.51. The van der Waals surface area contributed by atoms with Gasteiger partial charge in [-0.15, -0.1) is 23.5 Å². The van der Waals surface area contributed by atoms with E-state index in [0.717, 1.165) is 24.0 Å². The molecule has 4 heterocycles. The lowest BCUT2D eigenvalue weighted by atomic mass is 10.00. The minimum absolute atomic E-state index is 0.244. The van der Waals surface area contributed by atoms with Crippen LogP contribution in [0, 0.1) is 0 Å². The molecule has 4 amide bonds. The zero-order chi connectivity index (χ0) is 38.2. The van der Waals surface area contributed by atoms with E-state index in [1.807, 2.05) is 60.7 Å². The van der Waals surface area contributed by atoms with Crippen molar-refractivity contribution in [3.05, 3.63) is 71.8 Å². The lowest BCUT2D eigenvalue weighted by Crippen LogP contribution is -2.58. The van der Waals surface area contributed by atoms with Gasteiger partial charge in [0.1, 0.15) is 24.2 Å². The Morgan fingerprint density at radius 1 is 0.630 bits per heavy atom. The molecule has 0 spiro atoms. The standard InChI is InChI=1S/C38H46N4O8S4/c43-33(39-25-17-19-51-31-15-7-13-27(37(47)48)41(31)35(25)45)29(21-23-9-3-1-4-10-23)53-54-30(22-24-11-5-2-6-12-24)34(44)40-26-18-20-52-32-16-8-14-28(38(49)50)42(32)36(26)46/h1-6,9-12,25-32H,7-8,13-22H2,(H,39,43)(H,40,44)(H,47,48)(H,49,50)/t25-,26-,27-,28-,29-,30-,31-,32-/m0/s1. The maximum atomic E-state index is 14.2. The van der Waals surface area contributed by atoms with E-state index in [9.17, 15) is 39.0 Å². The molecule has 4 fully saturated rings. The number of carboxylic acid groups (broad SMARTS) is 2. The van der Waals surface area contributed by atoms with Gasteiger partial charge in [-0.3, -0.25) is 19.2 Å². The predicted octanol–water partition coefficient (Wildman–Crippen LogP) is 4.42. The summed E-state index contributed by atoms with van der Waals surface area (Å²) in [6, 6.07) is 15.3. The van der Waals surface area contributed by atoms with Gasteiger partial charge in [0.05, 0.1) is 21.2 Å². The molecule has 8 atom stereocenters. The summed E-state index contributed by atoms with van der Waals surface area (Å²) in [7, 11) is 2.47. The monoisotopic (exact) mass is 814 g/mol. The summed E-state index contributed by atoms with van der Waals surface area (Å²) in [6.07, 6.45) is 4.97. The lowest BCUT2D eigenvalue weighted by Gasteiger charge is -2.39. The van der Waals surface area contributed by atoms with Gasteiger partial charge < -0.3 is 30.6 Å². The molecule has 2 aromatic rings. The van der Waals surface area contributed by atoms with Gasteiger partial charge in [0.25, 0.3) is 0 Å². The van der Waals surface area contributed by atoms with E-state index in [2.05, 4.69) is 10.6 Å². The normalized spacial score (nSPS) is 27.0. The number of nitrogens with one attached hydrogen (secondary N) is 2. The van der Waals surface area contributed by atoms with Crippen LogP contribution in [-0.2, 0) is 41.6 Å². The number of carbonyl (C=O) groups excluding carboxylic acids is 4. The highest BCUT2D eigenvalue weighted by atomic mass is 33.1. The van der Waals surface area contributed by atoms with Crippen LogP contribution < -0.4 is 10.6 Å². The number of nitrogens with zero attached hydrogens (tertiary/aromatic N) is 2. The van der Waals surface area contributed by atoms with Crippen LogP contribution in [0.4, 0.5) is 0 Å². The van der Waals surface area contributed by atoms with Gasteiger partial charge in [-0.05, 0) is 86.8 Å². The Kier molecular flexibility index (Phi) is 14.2. The van der Waals surface area contributed by atoms with Crippen molar-refractivity contribution in [1.29, 1.82) is 0 Å². The highest BCUT2D eigenvalue weighted by molar-refractivity contribution is 8.77. The highest BCUT2D eigenvalue weighted by Gasteiger charge is 2.45. The second-order valence-electron chi connectivity index (χ2n) is 14.0. The Labute approximate surface area is 331 Å². The van der Waals surface area contributed by atoms with Crippen LogP contribution in [0.15, 0.2) is 60.7 Å². The summed E-state index contributed by atoms with van der Waals surface area (Å²) in [5, 5.41) is 23.9. The molecule has 6 rings (SSSR count). The molecule has 4 saturated heterocycles. The van der Waals surface area contributed by atoms with Gasteiger partial charge in [-0.1, -0.05) is 82.3 Å². The van der Waals surface area contributed by atoms with Crippen LogP contribution in [0.25, 0.3) is 0 Å². The maximum absolute atomic E-state index is 14.2. The van der Waals surface area contributed by atoms with Crippen LogP contribution >= 0.6 is 45.1 Å². The summed E-state index contributed by atoms with van der Waals surface area (Å²) >= 11 is 3.11. The van der Waals surface area contributed by atoms with Gasteiger partial charge in [0.2, 0.25) is 23.6 Å². The number of thioether (sulfide) groups is 2. The zero-order valence-electron chi connectivity index (χ0n) is 29.7. The quantitative estimate of drug-likeness (QED) is 0.210. The SMILES string of the molecule is O=C(N[C@H]1CCS[C@H]2CCC[C@@H](C(=O)O)N2C1=O)[C@H](Cc1ccccc1)SS[C@@H](Cc1ccccc1)C(=O)N[C@H]1CCS[C@H]2CCC[C@@H](C(=O)O)N2C1=O. The molecule has 290 valence electrons. The average Bonchev–Trinajstić information content (AvgIpc) is 3.43. The number of hydrogen-bond acceptors (Lipinski definition) is 10. The van der Waals surface area contributed by atoms with Crippen LogP contribution in [-0.4, -0.2) is 113 Å². The third-order valence-corrected chi connectivity index (χ3v) is 16.0. The second-order valence-corrected chi connectivity index (χ2v) is 19.2. The number of piperidine rings is 2. The van der Waals surface area contributed by atoms with E-state index < -0.39 is 46.6 Å².